The SMILES string of the molecule is CN=C(NCCCc1nnc2ccccn12)NCC(C)Oc1ccccc1OC.I. The van der Waals surface area contributed by atoms with Crippen LogP contribution in [0.1, 0.15) is 19.2 Å². The summed E-state index contributed by atoms with van der Waals surface area (Å²) in [6, 6.07) is 13.5. The van der Waals surface area contributed by atoms with Crippen molar-refractivity contribution in [2.75, 3.05) is 27.2 Å². The van der Waals surface area contributed by atoms with E-state index in [0.717, 1.165) is 48.3 Å². The first kappa shape index (κ1) is 23.7. The quantitative estimate of drug-likeness (QED) is 0.194. The van der Waals surface area contributed by atoms with Gasteiger partial charge in [-0.2, -0.15) is 0 Å². The van der Waals surface area contributed by atoms with Crippen LogP contribution in [0.25, 0.3) is 5.65 Å². The van der Waals surface area contributed by atoms with Gasteiger partial charge in [0.2, 0.25) is 0 Å². The van der Waals surface area contributed by atoms with Crippen LogP contribution in [-0.4, -0.2) is 53.9 Å². The molecule has 8 nitrogen and oxygen atoms in total. The van der Waals surface area contributed by atoms with E-state index in [2.05, 4.69) is 25.8 Å². The van der Waals surface area contributed by atoms with Crippen molar-refractivity contribution in [3.63, 3.8) is 0 Å². The van der Waals surface area contributed by atoms with Crippen molar-refractivity contribution < 1.29 is 9.47 Å². The van der Waals surface area contributed by atoms with Crippen molar-refractivity contribution in [1.29, 1.82) is 0 Å². The molecule has 2 heterocycles. The molecule has 30 heavy (non-hydrogen) atoms. The van der Waals surface area contributed by atoms with Gasteiger partial charge in [-0.15, -0.1) is 34.2 Å². The number of rotatable bonds is 9. The van der Waals surface area contributed by atoms with Crippen molar-refractivity contribution in [1.82, 2.24) is 25.2 Å². The van der Waals surface area contributed by atoms with Crippen LogP contribution in [0.4, 0.5) is 0 Å². The van der Waals surface area contributed by atoms with E-state index in [1.54, 1.807) is 14.2 Å². The molecule has 1 unspecified atom stereocenters. The van der Waals surface area contributed by atoms with E-state index >= 15 is 0 Å². The van der Waals surface area contributed by atoms with Crippen LogP contribution < -0.4 is 20.1 Å². The third-order valence-electron chi connectivity index (χ3n) is 4.43. The van der Waals surface area contributed by atoms with Crippen LogP contribution in [0, 0.1) is 0 Å². The number of benzene rings is 1. The molecule has 0 radical (unpaired) electrons. The maximum Gasteiger partial charge on any atom is 0.191 e. The zero-order chi connectivity index (χ0) is 20.5. The molecule has 1 aromatic carbocycles. The largest absolute Gasteiger partial charge is 0.493 e. The molecule has 0 spiro atoms. The Morgan fingerprint density at radius 2 is 1.87 bits per heavy atom. The predicted molar refractivity (Wildman–Crippen MR) is 129 cm³/mol. The van der Waals surface area contributed by atoms with Crippen molar-refractivity contribution >= 4 is 35.6 Å². The van der Waals surface area contributed by atoms with Crippen molar-refractivity contribution in [3.05, 3.63) is 54.5 Å². The number of nitrogens with one attached hydrogen (secondary N) is 2. The molecular weight excluding hydrogens is 495 g/mol. The molecule has 2 N–H and O–H groups in total. The van der Waals surface area contributed by atoms with Gasteiger partial charge in [0.25, 0.3) is 0 Å². The zero-order valence-corrected chi connectivity index (χ0v) is 19.9. The molecule has 9 heteroatoms. The van der Waals surface area contributed by atoms with Gasteiger partial charge in [-0.25, -0.2) is 0 Å². The zero-order valence-electron chi connectivity index (χ0n) is 17.5. The fraction of sp³-hybridized carbons (Fsp3) is 0.381. The van der Waals surface area contributed by atoms with Crippen LogP contribution >= 0.6 is 24.0 Å². The number of hydrogen-bond acceptors (Lipinski definition) is 5. The molecule has 2 aromatic heterocycles. The van der Waals surface area contributed by atoms with Crippen LogP contribution in [0.2, 0.25) is 0 Å². The first-order chi connectivity index (χ1) is 14.2. The Bertz CT molecular complexity index is 946. The Balaban J connectivity index is 0.00000320. The molecule has 162 valence electrons. The molecule has 3 rings (SSSR count). The van der Waals surface area contributed by atoms with E-state index in [1.807, 2.05) is 60.0 Å². The number of guanidine groups is 1. The van der Waals surface area contributed by atoms with Gasteiger partial charge < -0.3 is 20.1 Å². The summed E-state index contributed by atoms with van der Waals surface area (Å²) in [4.78, 5) is 4.27. The number of pyridine rings is 1. The lowest BCUT2D eigenvalue weighted by Gasteiger charge is -2.19. The van der Waals surface area contributed by atoms with Crippen LogP contribution in [-0.2, 0) is 6.42 Å². The summed E-state index contributed by atoms with van der Waals surface area (Å²) < 4.78 is 13.3. The lowest BCUT2D eigenvalue weighted by atomic mass is 10.3. The van der Waals surface area contributed by atoms with E-state index in [4.69, 9.17) is 9.47 Å². The lowest BCUT2D eigenvalue weighted by Crippen LogP contribution is -2.42. The van der Waals surface area contributed by atoms with E-state index in [1.165, 1.54) is 0 Å². The smallest absolute Gasteiger partial charge is 0.191 e. The monoisotopic (exact) mass is 524 g/mol. The fourth-order valence-corrected chi connectivity index (χ4v) is 2.95. The van der Waals surface area contributed by atoms with Gasteiger partial charge in [0.1, 0.15) is 11.9 Å². The van der Waals surface area contributed by atoms with Gasteiger partial charge >= 0.3 is 0 Å². The minimum Gasteiger partial charge on any atom is -0.493 e. The van der Waals surface area contributed by atoms with Gasteiger partial charge in [0.15, 0.2) is 23.1 Å². The highest BCUT2D eigenvalue weighted by Gasteiger charge is 2.09. The molecular formula is C21H29IN6O2. The number of aryl methyl sites for hydroxylation is 1. The molecule has 0 aliphatic rings. The van der Waals surface area contributed by atoms with Gasteiger partial charge in [-0.05, 0) is 37.6 Å². The molecule has 0 bridgehead atoms. The number of aliphatic imine (C=N–C) groups is 1. The third-order valence-corrected chi connectivity index (χ3v) is 4.43. The number of nitrogens with zero attached hydrogens (tertiary/aromatic N) is 4. The summed E-state index contributed by atoms with van der Waals surface area (Å²) in [7, 11) is 3.40. The number of para-hydroxylation sites is 2. The van der Waals surface area contributed by atoms with Gasteiger partial charge in [-0.1, -0.05) is 18.2 Å². The predicted octanol–water partition coefficient (Wildman–Crippen LogP) is 2.92. The van der Waals surface area contributed by atoms with Crippen LogP contribution in [0.3, 0.4) is 0 Å². The second-order valence-corrected chi connectivity index (χ2v) is 6.61. The number of aromatic nitrogens is 3. The number of methoxy groups -OCH3 is 1. The highest BCUT2D eigenvalue weighted by atomic mass is 127. The van der Waals surface area contributed by atoms with E-state index in [0.29, 0.717) is 6.54 Å². The minimum atomic E-state index is -0.0489. The van der Waals surface area contributed by atoms with Crippen molar-refractivity contribution in [2.45, 2.75) is 25.9 Å². The Labute approximate surface area is 194 Å². The summed E-state index contributed by atoms with van der Waals surface area (Å²) in [6.45, 7) is 3.40. The molecule has 1 atom stereocenters. The summed E-state index contributed by atoms with van der Waals surface area (Å²) in [6.07, 6.45) is 3.70. The first-order valence-corrected chi connectivity index (χ1v) is 9.74. The lowest BCUT2D eigenvalue weighted by molar-refractivity contribution is 0.213. The molecule has 0 saturated heterocycles. The Kier molecular flexibility index (Phi) is 9.65. The molecule has 0 fully saturated rings. The minimum absolute atomic E-state index is 0. The number of hydrogen-bond donors (Lipinski definition) is 2. The summed E-state index contributed by atoms with van der Waals surface area (Å²) in [5.41, 5.74) is 0.872. The van der Waals surface area contributed by atoms with Gasteiger partial charge in [0.05, 0.1) is 13.7 Å². The number of fused-ring (bicyclic) bond motifs is 1. The Morgan fingerprint density at radius 1 is 1.10 bits per heavy atom. The second-order valence-electron chi connectivity index (χ2n) is 6.61. The average molecular weight is 524 g/mol. The van der Waals surface area contributed by atoms with Gasteiger partial charge in [0, 0.05) is 26.2 Å². The molecule has 3 aromatic rings. The van der Waals surface area contributed by atoms with E-state index in [9.17, 15) is 0 Å². The normalized spacial score (nSPS) is 12.2. The topological polar surface area (TPSA) is 85.1 Å². The Hall–Kier alpha value is -2.56. The van der Waals surface area contributed by atoms with Crippen LogP contribution in [0.5, 0.6) is 11.5 Å². The standard InChI is InChI=1S/C21H28N6O2.HI/c1-16(29-18-10-5-4-9-17(18)28-3)15-24-21(22-2)23-13-8-12-20-26-25-19-11-6-7-14-27(19)20;/h4-7,9-11,14,16H,8,12-13,15H2,1-3H3,(H2,22,23,24);1H. The third kappa shape index (κ3) is 6.48. The van der Waals surface area contributed by atoms with Crippen LogP contribution in [0.15, 0.2) is 53.7 Å². The maximum atomic E-state index is 5.96. The highest BCUT2D eigenvalue weighted by molar-refractivity contribution is 14.0. The van der Waals surface area contributed by atoms with Gasteiger partial charge in [-0.3, -0.25) is 9.39 Å². The average Bonchev–Trinajstić information content (AvgIpc) is 3.17. The number of halogens is 1. The van der Waals surface area contributed by atoms with Crippen molar-refractivity contribution in [3.8, 4) is 11.5 Å². The molecule has 0 aliphatic heterocycles. The van der Waals surface area contributed by atoms with E-state index in [-0.39, 0.29) is 30.1 Å². The molecule has 0 amide bonds. The number of ether oxygens (including phenoxy) is 2. The highest BCUT2D eigenvalue weighted by Crippen LogP contribution is 2.26. The molecule has 0 aliphatic carbocycles. The maximum absolute atomic E-state index is 5.96. The Morgan fingerprint density at radius 3 is 2.63 bits per heavy atom. The fourth-order valence-electron chi connectivity index (χ4n) is 2.95. The second kappa shape index (κ2) is 12.2. The molecule has 0 saturated carbocycles. The summed E-state index contributed by atoms with van der Waals surface area (Å²) in [5.74, 6) is 3.16. The van der Waals surface area contributed by atoms with E-state index < -0.39 is 0 Å². The first-order valence-electron chi connectivity index (χ1n) is 9.74. The summed E-state index contributed by atoms with van der Waals surface area (Å²) in [5, 5.41) is 15.0. The van der Waals surface area contributed by atoms with Crippen molar-refractivity contribution in [2.24, 2.45) is 4.99 Å². The summed E-state index contributed by atoms with van der Waals surface area (Å²) >= 11 is 0.